The predicted octanol–water partition coefficient (Wildman–Crippen LogP) is 2.83. The average Bonchev–Trinajstić information content (AvgIpc) is 2.93. The summed E-state index contributed by atoms with van der Waals surface area (Å²) in [6.07, 6.45) is 1.70. The summed E-state index contributed by atoms with van der Waals surface area (Å²) < 4.78 is 0. The van der Waals surface area contributed by atoms with Crippen molar-refractivity contribution < 1.29 is 4.79 Å². The molecule has 0 unspecified atom stereocenters. The highest BCUT2D eigenvalue weighted by molar-refractivity contribution is 8.03. The minimum atomic E-state index is -0.202. The van der Waals surface area contributed by atoms with E-state index >= 15 is 0 Å². The monoisotopic (exact) mass is 416 g/mol. The topological polar surface area (TPSA) is 118 Å². The van der Waals surface area contributed by atoms with E-state index in [0.29, 0.717) is 34.2 Å². The van der Waals surface area contributed by atoms with E-state index in [1.54, 1.807) is 18.3 Å². The Morgan fingerprint density at radius 2 is 1.83 bits per heavy atom. The zero-order valence-electron chi connectivity index (χ0n) is 16.0. The number of rotatable bonds is 5. The first kappa shape index (κ1) is 19.7. The van der Waals surface area contributed by atoms with Crippen molar-refractivity contribution in [3.8, 4) is 0 Å². The Morgan fingerprint density at radius 3 is 2.57 bits per heavy atom. The molecule has 0 fully saturated rings. The Kier molecular flexibility index (Phi) is 5.78. The third-order valence-corrected chi connectivity index (χ3v) is 5.49. The van der Waals surface area contributed by atoms with Gasteiger partial charge in [0.15, 0.2) is 0 Å². The third kappa shape index (κ3) is 4.19. The number of aromatic nitrogens is 1. The summed E-state index contributed by atoms with van der Waals surface area (Å²) in [5.41, 5.74) is 12.9. The zero-order valence-corrected chi connectivity index (χ0v) is 16.8. The summed E-state index contributed by atoms with van der Waals surface area (Å²) in [5, 5.41) is 3.39. The summed E-state index contributed by atoms with van der Waals surface area (Å²) in [6, 6.07) is 20.6. The number of amides is 1. The van der Waals surface area contributed by atoms with Crippen molar-refractivity contribution in [2.24, 2.45) is 16.6 Å². The molecular formula is C22H20N6OS. The second kappa shape index (κ2) is 8.81. The van der Waals surface area contributed by atoms with Gasteiger partial charge in [-0.05, 0) is 30.3 Å². The quantitative estimate of drug-likeness (QED) is 0.375. The highest BCUT2D eigenvalue weighted by atomic mass is 32.2. The van der Waals surface area contributed by atoms with Crippen LogP contribution in [0.3, 0.4) is 0 Å². The van der Waals surface area contributed by atoms with Gasteiger partial charge in [0.1, 0.15) is 5.70 Å². The molecule has 3 aromatic rings. The van der Waals surface area contributed by atoms with E-state index in [1.807, 2.05) is 54.6 Å². The van der Waals surface area contributed by atoms with Crippen LogP contribution in [-0.2, 0) is 6.54 Å². The van der Waals surface area contributed by atoms with Gasteiger partial charge in [0.25, 0.3) is 5.91 Å². The Bertz CT molecular complexity index is 1130. The lowest BCUT2D eigenvalue weighted by Crippen LogP contribution is -2.29. The molecule has 1 aliphatic heterocycles. The summed E-state index contributed by atoms with van der Waals surface area (Å²) in [6.45, 7) is 0.347. The van der Waals surface area contributed by atoms with Crippen molar-refractivity contribution >= 4 is 29.1 Å². The molecule has 8 heteroatoms. The van der Waals surface area contributed by atoms with E-state index < -0.39 is 0 Å². The van der Waals surface area contributed by atoms with Crippen LogP contribution < -0.4 is 22.3 Å². The second-order valence-electron chi connectivity index (χ2n) is 6.50. The van der Waals surface area contributed by atoms with Crippen molar-refractivity contribution in [3.63, 3.8) is 0 Å². The van der Waals surface area contributed by atoms with Gasteiger partial charge in [0.05, 0.1) is 28.7 Å². The number of allylic oxidation sites excluding steroid dienone is 1. The molecule has 0 bridgehead atoms. The van der Waals surface area contributed by atoms with Crippen LogP contribution in [0.5, 0.6) is 0 Å². The van der Waals surface area contributed by atoms with Crippen molar-refractivity contribution in [1.82, 2.24) is 15.7 Å². The number of nitrogens with two attached hydrogens (primary N) is 2. The summed E-state index contributed by atoms with van der Waals surface area (Å²) in [7, 11) is 0. The third-order valence-electron chi connectivity index (χ3n) is 4.50. The number of carbonyl (C=O) groups is 1. The highest BCUT2D eigenvalue weighted by Crippen LogP contribution is 2.38. The van der Waals surface area contributed by atoms with Gasteiger partial charge < -0.3 is 16.5 Å². The van der Waals surface area contributed by atoms with Crippen molar-refractivity contribution in [2.45, 2.75) is 11.4 Å². The van der Waals surface area contributed by atoms with Crippen LogP contribution in [0, 0.1) is 0 Å². The minimum absolute atomic E-state index is 0.202. The number of nitrogens with zero attached hydrogens (tertiary/aromatic N) is 2. The first-order valence-corrected chi connectivity index (χ1v) is 10.1. The molecule has 6 N–H and O–H groups in total. The highest BCUT2D eigenvalue weighted by Gasteiger charge is 2.21. The Hall–Kier alpha value is -3.62. The van der Waals surface area contributed by atoms with Gasteiger partial charge in [-0.1, -0.05) is 48.2 Å². The fourth-order valence-corrected chi connectivity index (χ4v) is 3.85. The van der Waals surface area contributed by atoms with Crippen LogP contribution in [-0.4, -0.2) is 16.6 Å². The van der Waals surface area contributed by atoms with Gasteiger partial charge in [0, 0.05) is 22.2 Å². The molecule has 0 saturated carbocycles. The molecule has 2 aromatic carbocycles. The number of carbonyl (C=O) groups excluding carboxylic acids is 1. The zero-order chi connectivity index (χ0) is 20.9. The number of nitrogens with one attached hydrogen (secondary N) is 2. The summed E-state index contributed by atoms with van der Waals surface area (Å²) in [5.74, 6) is 5.55. The van der Waals surface area contributed by atoms with E-state index in [0.717, 1.165) is 16.2 Å². The van der Waals surface area contributed by atoms with Gasteiger partial charge in [-0.25, -0.2) is 4.99 Å². The maximum Gasteiger partial charge on any atom is 0.251 e. The van der Waals surface area contributed by atoms with Crippen LogP contribution in [0.4, 0.5) is 5.69 Å². The largest absolute Gasteiger partial charge is 0.391 e. The number of pyridine rings is 1. The Balaban J connectivity index is 1.66. The maximum absolute atomic E-state index is 12.7. The lowest BCUT2D eigenvalue weighted by molar-refractivity contribution is 0.0950. The SMILES string of the molecule is NNC1=C(N)Sc2ccc(C(=O)NCc3ccccn3)cc2N=C1c1ccccc1. The maximum atomic E-state index is 12.7. The molecule has 1 aromatic heterocycles. The molecule has 0 radical (unpaired) electrons. The van der Waals surface area contributed by atoms with E-state index in [1.165, 1.54) is 11.8 Å². The van der Waals surface area contributed by atoms with Gasteiger partial charge in [0.2, 0.25) is 0 Å². The van der Waals surface area contributed by atoms with E-state index in [-0.39, 0.29) is 5.91 Å². The first-order chi connectivity index (χ1) is 14.7. The molecule has 1 aliphatic rings. The molecule has 2 heterocycles. The van der Waals surface area contributed by atoms with Crippen molar-refractivity contribution in [2.75, 3.05) is 0 Å². The number of hydrazine groups is 1. The number of hydrogen-bond donors (Lipinski definition) is 4. The Labute approximate surface area is 178 Å². The summed E-state index contributed by atoms with van der Waals surface area (Å²) >= 11 is 1.35. The molecule has 0 aliphatic carbocycles. The van der Waals surface area contributed by atoms with E-state index in [9.17, 15) is 4.79 Å². The van der Waals surface area contributed by atoms with Crippen LogP contribution in [0.25, 0.3) is 0 Å². The van der Waals surface area contributed by atoms with Crippen molar-refractivity contribution in [3.05, 3.63) is 100 Å². The predicted molar refractivity (Wildman–Crippen MR) is 119 cm³/mol. The molecule has 150 valence electrons. The minimum Gasteiger partial charge on any atom is -0.391 e. The molecule has 0 spiro atoms. The molecule has 1 amide bonds. The molecule has 0 saturated heterocycles. The lowest BCUT2D eigenvalue weighted by Gasteiger charge is -2.11. The number of fused-ring (bicyclic) bond motifs is 1. The average molecular weight is 417 g/mol. The van der Waals surface area contributed by atoms with E-state index in [2.05, 4.69) is 15.7 Å². The van der Waals surface area contributed by atoms with Crippen LogP contribution in [0.1, 0.15) is 21.6 Å². The normalized spacial score (nSPS) is 13.2. The number of aliphatic imine (C=N–C) groups is 1. The molecule has 0 atom stereocenters. The lowest BCUT2D eigenvalue weighted by atomic mass is 10.1. The second-order valence-corrected chi connectivity index (χ2v) is 7.58. The van der Waals surface area contributed by atoms with Gasteiger partial charge in [-0.2, -0.15) is 0 Å². The molecule has 4 rings (SSSR count). The fourth-order valence-electron chi connectivity index (χ4n) is 3.01. The van der Waals surface area contributed by atoms with Gasteiger partial charge >= 0.3 is 0 Å². The fraction of sp³-hybridized carbons (Fsp3) is 0.0455. The molecule has 7 nitrogen and oxygen atoms in total. The number of hydrogen-bond acceptors (Lipinski definition) is 7. The number of thioether (sulfide) groups is 1. The van der Waals surface area contributed by atoms with Crippen LogP contribution in [0.15, 0.2) is 93.5 Å². The van der Waals surface area contributed by atoms with Crippen LogP contribution in [0.2, 0.25) is 0 Å². The van der Waals surface area contributed by atoms with Gasteiger partial charge in [-0.15, -0.1) is 0 Å². The van der Waals surface area contributed by atoms with E-state index in [4.69, 9.17) is 16.6 Å². The Morgan fingerprint density at radius 1 is 1.03 bits per heavy atom. The molecule has 30 heavy (non-hydrogen) atoms. The molecular weight excluding hydrogens is 396 g/mol. The summed E-state index contributed by atoms with van der Waals surface area (Å²) in [4.78, 5) is 22.5. The standard InChI is InChI=1S/C22H20N6OS/c23-21-20(28-24)19(14-6-2-1-3-7-14)27-17-12-15(9-10-18(17)30-21)22(29)26-13-16-8-4-5-11-25-16/h1-12,28H,13,23-24H2,(H,26,29). The van der Waals surface area contributed by atoms with Crippen molar-refractivity contribution in [1.29, 1.82) is 0 Å². The smallest absolute Gasteiger partial charge is 0.251 e. The van der Waals surface area contributed by atoms with Crippen LogP contribution >= 0.6 is 11.8 Å². The number of benzene rings is 2. The first-order valence-electron chi connectivity index (χ1n) is 9.26. The van der Waals surface area contributed by atoms with Gasteiger partial charge in [-0.3, -0.25) is 15.6 Å².